The fourth-order valence-corrected chi connectivity index (χ4v) is 7.93. The van der Waals surface area contributed by atoms with Crippen molar-refractivity contribution in [2.75, 3.05) is 0 Å². The van der Waals surface area contributed by atoms with Crippen LogP contribution >= 0.6 is 0 Å². The summed E-state index contributed by atoms with van der Waals surface area (Å²) in [4.78, 5) is 10.8. The highest BCUT2D eigenvalue weighted by molar-refractivity contribution is 6.17. The van der Waals surface area contributed by atoms with E-state index < -0.39 is 0 Å². The molecule has 0 atom stereocenters. The van der Waals surface area contributed by atoms with Gasteiger partial charge in [-0.05, 0) is 75.1 Å². The highest BCUT2D eigenvalue weighted by atomic mass is 16.3. The van der Waals surface area contributed by atoms with E-state index in [1.807, 2.05) is 36.4 Å². The predicted molar refractivity (Wildman–Crippen MR) is 213 cm³/mol. The summed E-state index contributed by atoms with van der Waals surface area (Å²) < 4.78 is 12.9. The third-order valence-corrected chi connectivity index (χ3v) is 10.3. The number of hydrogen-bond donors (Lipinski definition) is 0. The molecule has 0 amide bonds. The van der Waals surface area contributed by atoms with E-state index in [9.17, 15) is 0 Å². The molecule has 0 aliphatic heterocycles. The number of para-hydroxylation sites is 2. The van der Waals surface area contributed by atoms with Crippen LogP contribution in [0.4, 0.5) is 0 Å². The lowest BCUT2D eigenvalue weighted by Crippen LogP contribution is -1.97. The van der Waals surface area contributed by atoms with Crippen molar-refractivity contribution in [3.05, 3.63) is 170 Å². The number of furan rings is 2. The Morgan fingerprint density at radius 1 is 0.327 bits per heavy atom. The van der Waals surface area contributed by atoms with Gasteiger partial charge < -0.3 is 8.83 Å². The summed E-state index contributed by atoms with van der Waals surface area (Å²) in [6, 6.07) is 59.0. The van der Waals surface area contributed by atoms with Gasteiger partial charge in [0.05, 0.1) is 11.4 Å². The quantitative estimate of drug-likeness (QED) is 0.176. The SMILES string of the molecule is c1ccc(-c2cc(-c3cc4ccccc4c4ccccc34)nc(-c3cc(-c4cccc5oc6ccccc6c45)cc4oc5ccccc5c34)n2)cc1. The first kappa shape index (κ1) is 28.8. The number of benzene rings is 8. The molecule has 52 heavy (non-hydrogen) atoms. The maximum atomic E-state index is 6.61. The zero-order chi connectivity index (χ0) is 34.2. The second-order valence-electron chi connectivity index (χ2n) is 13.3. The molecule has 0 aliphatic rings. The summed E-state index contributed by atoms with van der Waals surface area (Å²) in [6.07, 6.45) is 0. The summed E-state index contributed by atoms with van der Waals surface area (Å²) in [7, 11) is 0. The van der Waals surface area contributed by atoms with Crippen molar-refractivity contribution >= 4 is 65.4 Å². The molecule has 0 bridgehead atoms. The van der Waals surface area contributed by atoms with Crippen LogP contribution in [-0.4, -0.2) is 9.97 Å². The molecule has 0 fully saturated rings. The van der Waals surface area contributed by atoms with Gasteiger partial charge in [0.1, 0.15) is 22.3 Å². The zero-order valence-corrected chi connectivity index (χ0v) is 27.9. The lowest BCUT2D eigenvalue weighted by Gasteiger charge is -2.14. The largest absolute Gasteiger partial charge is 0.456 e. The maximum absolute atomic E-state index is 6.61. The van der Waals surface area contributed by atoms with Crippen molar-refractivity contribution in [1.29, 1.82) is 0 Å². The Hall–Kier alpha value is -7.04. The molecular weight excluding hydrogens is 637 g/mol. The van der Waals surface area contributed by atoms with E-state index in [0.29, 0.717) is 5.82 Å². The molecule has 0 N–H and O–H groups in total. The summed E-state index contributed by atoms with van der Waals surface area (Å²) in [5.74, 6) is 0.635. The Morgan fingerprint density at radius 2 is 0.923 bits per heavy atom. The second-order valence-corrected chi connectivity index (χ2v) is 13.3. The van der Waals surface area contributed by atoms with Gasteiger partial charge in [0.15, 0.2) is 5.82 Å². The van der Waals surface area contributed by atoms with E-state index in [2.05, 4.69) is 133 Å². The molecule has 3 heterocycles. The molecule has 11 rings (SSSR count). The minimum atomic E-state index is 0.635. The number of fused-ring (bicyclic) bond motifs is 9. The third-order valence-electron chi connectivity index (χ3n) is 10.3. The van der Waals surface area contributed by atoms with Crippen LogP contribution < -0.4 is 0 Å². The van der Waals surface area contributed by atoms with Crippen LogP contribution in [0, 0.1) is 0 Å². The van der Waals surface area contributed by atoms with E-state index >= 15 is 0 Å². The highest BCUT2D eigenvalue weighted by Gasteiger charge is 2.21. The molecular formula is C48H28N2O2. The molecule has 4 heteroatoms. The maximum Gasteiger partial charge on any atom is 0.161 e. The van der Waals surface area contributed by atoms with Crippen molar-refractivity contribution in [1.82, 2.24) is 9.97 Å². The summed E-state index contributed by atoms with van der Waals surface area (Å²) >= 11 is 0. The first-order chi connectivity index (χ1) is 25.8. The summed E-state index contributed by atoms with van der Waals surface area (Å²) in [5, 5.41) is 8.90. The van der Waals surface area contributed by atoms with Gasteiger partial charge >= 0.3 is 0 Å². The van der Waals surface area contributed by atoms with Crippen molar-refractivity contribution in [3.63, 3.8) is 0 Å². The van der Waals surface area contributed by atoms with Crippen LogP contribution in [0.2, 0.25) is 0 Å². The van der Waals surface area contributed by atoms with E-state index in [1.165, 1.54) is 16.2 Å². The monoisotopic (exact) mass is 664 g/mol. The van der Waals surface area contributed by atoms with E-state index in [0.717, 1.165) is 88.5 Å². The highest BCUT2D eigenvalue weighted by Crippen LogP contribution is 2.44. The Labute approximate surface area is 298 Å². The Balaban J connectivity index is 1.25. The molecule has 4 nitrogen and oxygen atoms in total. The zero-order valence-electron chi connectivity index (χ0n) is 27.9. The van der Waals surface area contributed by atoms with Gasteiger partial charge in [0.25, 0.3) is 0 Å². The molecule has 0 saturated carbocycles. The normalized spacial score (nSPS) is 11.8. The van der Waals surface area contributed by atoms with Gasteiger partial charge in [-0.25, -0.2) is 9.97 Å². The van der Waals surface area contributed by atoms with Crippen molar-refractivity contribution < 1.29 is 8.83 Å². The van der Waals surface area contributed by atoms with Crippen LogP contribution in [0.1, 0.15) is 0 Å². The minimum Gasteiger partial charge on any atom is -0.456 e. The first-order valence-electron chi connectivity index (χ1n) is 17.5. The average molecular weight is 665 g/mol. The van der Waals surface area contributed by atoms with Crippen molar-refractivity contribution in [3.8, 4) is 45.0 Å². The fourth-order valence-electron chi connectivity index (χ4n) is 7.93. The lowest BCUT2D eigenvalue weighted by molar-refractivity contribution is 0.668. The number of hydrogen-bond acceptors (Lipinski definition) is 4. The third kappa shape index (κ3) is 4.41. The lowest BCUT2D eigenvalue weighted by atomic mass is 9.94. The Kier molecular flexibility index (Phi) is 6.22. The molecule has 0 spiro atoms. The molecule has 242 valence electrons. The van der Waals surface area contributed by atoms with Gasteiger partial charge in [0.2, 0.25) is 0 Å². The topological polar surface area (TPSA) is 52.1 Å². The number of aromatic nitrogens is 2. The van der Waals surface area contributed by atoms with Gasteiger partial charge in [0, 0.05) is 38.2 Å². The summed E-state index contributed by atoms with van der Waals surface area (Å²) in [6.45, 7) is 0. The van der Waals surface area contributed by atoms with Gasteiger partial charge in [-0.1, -0.05) is 127 Å². The van der Waals surface area contributed by atoms with Gasteiger partial charge in [-0.15, -0.1) is 0 Å². The van der Waals surface area contributed by atoms with E-state index in [4.69, 9.17) is 18.8 Å². The minimum absolute atomic E-state index is 0.635. The second kappa shape index (κ2) is 11.2. The molecule has 0 radical (unpaired) electrons. The molecule has 0 saturated heterocycles. The van der Waals surface area contributed by atoms with Gasteiger partial charge in [-0.2, -0.15) is 0 Å². The molecule has 11 aromatic rings. The molecule has 0 aliphatic carbocycles. The van der Waals surface area contributed by atoms with Crippen LogP contribution in [0.25, 0.3) is 110 Å². The van der Waals surface area contributed by atoms with Crippen LogP contribution in [0.3, 0.4) is 0 Å². The smallest absolute Gasteiger partial charge is 0.161 e. The van der Waals surface area contributed by atoms with Crippen molar-refractivity contribution in [2.45, 2.75) is 0 Å². The average Bonchev–Trinajstić information content (AvgIpc) is 3.79. The number of nitrogens with zero attached hydrogens (tertiary/aromatic N) is 2. The van der Waals surface area contributed by atoms with Crippen LogP contribution in [0.15, 0.2) is 179 Å². The van der Waals surface area contributed by atoms with Crippen LogP contribution in [0.5, 0.6) is 0 Å². The first-order valence-corrected chi connectivity index (χ1v) is 17.5. The Morgan fingerprint density at radius 3 is 1.71 bits per heavy atom. The summed E-state index contributed by atoms with van der Waals surface area (Å²) in [5.41, 5.74) is 10.1. The number of rotatable bonds is 4. The molecule has 0 unspecified atom stereocenters. The van der Waals surface area contributed by atoms with E-state index in [1.54, 1.807) is 0 Å². The van der Waals surface area contributed by atoms with Gasteiger partial charge in [-0.3, -0.25) is 0 Å². The standard InChI is InChI=1S/C48H28N2O2/c1-2-13-29(14-3-1)40-28-41(38-25-30-15-4-5-16-32(30)34-17-6-7-18-35(34)38)50-48(49-40)39-26-31(27-45-47(39)37-20-9-11-23-43(37)52-45)33-21-12-24-44-46(33)36-19-8-10-22-42(36)51-44/h1-28H. The molecule has 8 aromatic carbocycles. The van der Waals surface area contributed by atoms with Crippen LogP contribution in [-0.2, 0) is 0 Å². The molecule has 3 aromatic heterocycles. The Bertz CT molecular complexity index is 3190. The predicted octanol–water partition coefficient (Wildman–Crippen LogP) is 13.2. The van der Waals surface area contributed by atoms with Crippen molar-refractivity contribution in [2.24, 2.45) is 0 Å². The van der Waals surface area contributed by atoms with E-state index in [-0.39, 0.29) is 0 Å². The fraction of sp³-hybridized carbons (Fsp3) is 0.